The molecule has 40 heavy (non-hydrogen) atoms. The molecule has 2 N–H and O–H groups in total. The fraction of sp³-hybridized carbons (Fsp3) is 0.423. The minimum atomic E-state index is -3.83. The van der Waals surface area contributed by atoms with Crippen molar-refractivity contribution in [3.63, 3.8) is 0 Å². The summed E-state index contributed by atoms with van der Waals surface area (Å²) in [5, 5.41) is 5.88. The molecule has 214 valence electrons. The van der Waals surface area contributed by atoms with Crippen molar-refractivity contribution >= 4 is 27.8 Å². The molecule has 2 atom stereocenters. The summed E-state index contributed by atoms with van der Waals surface area (Å²) in [6.07, 6.45) is -0.341. The molecule has 1 fully saturated rings. The minimum absolute atomic E-state index is 0.00377. The monoisotopic (exact) mass is 572 g/mol. The van der Waals surface area contributed by atoms with Crippen molar-refractivity contribution in [2.24, 2.45) is 5.11 Å². The van der Waals surface area contributed by atoms with E-state index in [2.05, 4.69) is 24.8 Å². The Morgan fingerprint density at radius 1 is 1.12 bits per heavy atom. The molecule has 0 spiro atoms. The van der Waals surface area contributed by atoms with Crippen molar-refractivity contribution in [1.82, 2.24) is 14.9 Å². The first-order valence-electron chi connectivity index (χ1n) is 12.3. The zero-order chi connectivity index (χ0) is 29.6. The Kier molecular flexibility index (Phi) is 9.74. The first-order chi connectivity index (χ1) is 18.9. The van der Waals surface area contributed by atoms with Crippen LogP contribution in [0.15, 0.2) is 40.3 Å². The Morgan fingerprint density at radius 3 is 2.38 bits per heavy atom. The summed E-state index contributed by atoms with van der Waals surface area (Å²) < 4.78 is 38.9. The lowest BCUT2D eigenvalue weighted by Gasteiger charge is -2.38. The van der Waals surface area contributed by atoms with Crippen LogP contribution in [0.3, 0.4) is 0 Å². The summed E-state index contributed by atoms with van der Waals surface area (Å²) in [6.45, 7) is 5.00. The van der Waals surface area contributed by atoms with Crippen LogP contribution in [0.5, 0.6) is 5.75 Å². The van der Waals surface area contributed by atoms with Crippen LogP contribution in [0.25, 0.3) is 10.4 Å². The Balaban J connectivity index is 1.77. The standard InChI is InChI=1S/C26H32N6O7S/c1-15-10-22(38-4)16(2)17(3)24(15)40(36,37)29-12-18-6-8-19(9-7-18)14-32-21(11-23(33)39-5)25(34)30-20(26(32)35)13-28-31-27/h6-10,20-21,29H,11-14H2,1-5H3,(H,30,34)/t20-,21+/m0/s1. The number of amides is 2. The van der Waals surface area contributed by atoms with Gasteiger partial charge in [-0.3, -0.25) is 14.4 Å². The third-order valence-electron chi connectivity index (χ3n) is 6.80. The highest BCUT2D eigenvalue weighted by molar-refractivity contribution is 7.89. The normalized spacial score (nSPS) is 17.2. The number of rotatable bonds is 11. The Labute approximate surface area is 232 Å². The number of nitrogens with zero attached hydrogens (tertiary/aromatic N) is 4. The number of hydrogen-bond acceptors (Lipinski definition) is 8. The summed E-state index contributed by atoms with van der Waals surface area (Å²) in [7, 11) is -1.11. The molecule has 2 aromatic rings. The molecule has 13 nitrogen and oxygen atoms in total. The summed E-state index contributed by atoms with van der Waals surface area (Å²) in [5.41, 5.74) is 11.8. The van der Waals surface area contributed by atoms with Crippen LogP contribution in [0, 0.1) is 20.8 Å². The molecule has 1 saturated heterocycles. The van der Waals surface area contributed by atoms with E-state index in [0.717, 1.165) is 5.56 Å². The third-order valence-corrected chi connectivity index (χ3v) is 8.49. The van der Waals surface area contributed by atoms with E-state index in [1.807, 2.05) is 0 Å². The van der Waals surface area contributed by atoms with Gasteiger partial charge in [0.2, 0.25) is 21.8 Å². The number of piperazine rings is 1. The highest BCUT2D eigenvalue weighted by Crippen LogP contribution is 2.30. The molecular weight excluding hydrogens is 540 g/mol. The number of carbonyl (C=O) groups is 3. The first-order valence-corrected chi connectivity index (χ1v) is 13.8. The summed E-state index contributed by atoms with van der Waals surface area (Å²) >= 11 is 0. The van der Waals surface area contributed by atoms with Crippen molar-refractivity contribution in [2.75, 3.05) is 20.8 Å². The van der Waals surface area contributed by atoms with Crippen LogP contribution < -0.4 is 14.8 Å². The zero-order valence-electron chi connectivity index (χ0n) is 22.9. The van der Waals surface area contributed by atoms with Crippen molar-refractivity contribution < 1.29 is 32.3 Å². The van der Waals surface area contributed by atoms with Gasteiger partial charge in [0.15, 0.2) is 0 Å². The number of carbonyl (C=O) groups excluding carboxylic acids is 3. The number of nitrogens with one attached hydrogen (secondary N) is 2. The maximum absolute atomic E-state index is 13.1. The van der Waals surface area contributed by atoms with Crippen LogP contribution in [0.2, 0.25) is 0 Å². The highest BCUT2D eigenvalue weighted by Gasteiger charge is 2.41. The Bertz CT molecular complexity index is 1450. The van der Waals surface area contributed by atoms with Gasteiger partial charge in [-0.25, -0.2) is 13.1 Å². The number of aryl methyl sites for hydroxylation is 1. The quantitative estimate of drug-likeness (QED) is 0.179. The maximum Gasteiger partial charge on any atom is 0.308 e. The van der Waals surface area contributed by atoms with Crippen molar-refractivity contribution in [3.8, 4) is 5.75 Å². The molecule has 0 unspecified atom stereocenters. The summed E-state index contributed by atoms with van der Waals surface area (Å²) in [4.78, 5) is 41.8. The van der Waals surface area contributed by atoms with Gasteiger partial charge in [0, 0.05) is 18.0 Å². The van der Waals surface area contributed by atoms with Crippen molar-refractivity contribution in [1.29, 1.82) is 0 Å². The van der Waals surface area contributed by atoms with Crippen LogP contribution in [-0.4, -0.2) is 63.9 Å². The number of methoxy groups -OCH3 is 2. The van der Waals surface area contributed by atoms with E-state index in [1.54, 1.807) is 51.1 Å². The fourth-order valence-electron chi connectivity index (χ4n) is 4.56. The molecule has 0 radical (unpaired) electrons. The van der Waals surface area contributed by atoms with E-state index in [0.29, 0.717) is 28.0 Å². The molecule has 3 rings (SSSR count). The molecule has 1 aliphatic heterocycles. The number of sulfonamides is 1. The topological polar surface area (TPSA) is 180 Å². The molecule has 1 heterocycles. The predicted octanol–water partition coefficient (Wildman–Crippen LogP) is 2.17. The van der Waals surface area contributed by atoms with Gasteiger partial charge in [0.1, 0.15) is 17.8 Å². The molecule has 2 aromatic carbocycles. The minimum Gasteiger partial charge on any atom is -0.496 e. The van der Waals surface area contributed by atoms with Crippen LogP contribution in [-0.2, 0) is 42.2 Å². The van der Waals surface area contributed by atoms with Gasteiger partial charge in [-0.15, -0.1) is 0 Å². The Morgan fingerprint density at radius 2 is 1.77 bits per heavy atom. The van der Waals surface area contributed by atoms with E-state index in [-0.39, 0.29) is 31.0 Å². The molecule has 0 aliphatic carbocycles. The number of hydrogen-bond donors (Lipinski definition) is 2. The van der Waals surface area contributed by atoms with E-state index in [4.69, 9.17) is 10.3 Å². The predicted molar refractivity (Wildman–Crippen MR) is 145 cm³/mol. The highest BCUT2D eigenvalue weighted by atomic mass is 32.2. The number of ether oxygens (including phenoxy) is 2. The second-order valence-corrected chi connectivity index (χ2v) is 11.1. The van der Waals surface area contributed by atoms with E-state index in [1.165, 1.54) is 19.1 Å². The number of azide groups is 1. The zero-order valence-corrected chi connectivity index (χ0v) is 23.7. The molecule has 0 saturated carbocycles. The van der Waals surface area contributed by atoms with Crippen LogP contribution in [0.4, 0.5) is 0 Å². The van der Waals surface area contributed by atoms with Gasteiger partial charge in [-0.1, -0.05) is 29.4 Å². The molecule has 2 amide bonds. The largest absolute Gasteiger partial charge is 0.496 e. The average molecular weight is 573 g/mol. The average Bonchev–Trinajstić information content (AvgIpc) is 2.92. The van der Waals surface area contributed by atoms with Crippen molar-refractivity contribution in [3.05, 3.63) is 68.6 Å². The molecule has 1 aliphatic rings. The smallest absolute Gasteiger partial charge is 0.308 e. The second kappa shape index (κ2) is 12.8. The fourth-order valence-corrected chi connectivity index (χ4v) is 6.10. The van der Waals surface area contributed by atoms with Gasteiger partial charge in [-0.05, 0) is 60.2 Å². The lowest BCUT2D eigenvalue weighted by molar-refractivity contribution is -0.154. The van der Waals surface area contributed by atoms with Crippen LogP contribution >= 0.6 is 0 Å². The van der Waals surface area contributed by atoms with Gasteiger partial charge < -0.3 is 19.7 Å². The summed E-state index contributed by atoms with van der Waals surface area (Å²) in [6, 6.07) is 6.35. The summed E-state index contributed by atoms with van der Waals surface area (Å²) in [5.74, 6) is -1.11. The lowest BCUT2D eigenvalue weighted by Crippen LogP contribution is -2.64. The third kappa shape index (κ3) is 6.71. The van der Waals surface area contributed by atoms with Gasteiger partial charge in [-0.2, -0.15) is 0 Å². The van der Waals surface area contributed by atoms with Crippen LogP contribution in [0.1, 0.15) is 34.2 Å². The maximum atomic E-state index is 13.1. The molecule has 14 heteroatoms. The molecular formula is C26H32N6O7S. The SMILES string of the molecule is COC(=O)C[C@@H]1C(=O)N[C@@H](CN=[N+]=[N-])C(=O)N1Cc1ccc(CNS(=O)(=O)c2c(C)cc(OC)c(C)c2C)cc1. The van der Waals surface area contributed by atoms with E-state index >= 15 is 0 Å². The van der Waals surface area contributed by atoms with Crippen molar-refractivity contribution in [2.45, 2.75) is 57.3 Å². The number of benzene rings is 2. The number of esters is 1. The van der Waals surface area contributed by atoms with Gasteiger partial charge in [0.05, 0.1) is 32.1 Å². The van der Waals surface area contributed by atoms with E-state index in [9.17, 15) is 22.8 Å². The Hall–Kier alpha value is -4.13. The second-order valence-electron chi connectivity index (χ2n) is 9.35. The van der Waals surface area contributed by atoms with E-state index < -0.39 is 39.9 Å². The molecule has 0 bridgehead atoms. The lowest BCUT2D eigenvalue weighted by atomic mass is 10.0. The molecule has 0 aromatic heterocycles. The first kappa shape index (κ1) is 30.4. The van der Waals surface area contributed by atoms with Gasteiger partial charge >= 0.3 is 5.97 Å². The van der Waals surface area contributed by atoms with Gasteiger partial charge in [0.25, 0.3) is 0 Å².